The van der Waals surface area contributed by atoms with Crippen LogP contribution >= 0.6 is 0 Å². The van der Waals surface area contributed by atoms with Gasteiger partial charge < -0.3 is 10.3 Å². The summed E-state index contributed by atoms with van der Waals surface area (Å²) in [6, 6.07) is 8.44. The fraction of sp³-hybridized carbons (Fsp3) is 0.357. The molecule has 1 aromatic carbocycles. The van der Waals surface area contributed by atoms with Gasteiger partial charge in [-0.3, -0.25) is 0 Å². The summed E-state index contributed by atoms with van der Waals surface area (Å²) in [5, 5.41) is 11.9. The van der Waals surface area contributed by atoms with E-state index in [0.29, 0.717) is 6.04 Å². The summed E-state index contributed by atoms with van der Waals surface area (Å²) in [6.45, 7) is 2.09. The van der Waals surface area contributed by atoms with Gasteiger partial charge in [0.25, 0.3) is 0 Å². The fourth-order valence-corrected chi connectivity index (χ4v) is 2.71. The van der Waals surface area contributed by atoms with Crippen molar-refractivity contribution in [3.8, 4) is 11.5 Å². The molecule has 0 spiro atoms. The molecule has 6 nitrogen and oxygen atoms in total. The number of fused-ring (bicyclic) bond motifs is 1. The maximum atomic E-state index is 4.56. The number of hydrogen-bond donors (Lipinski definition) is 2. The van der Waals surface area contributed by atoms with E-state index >= 15 is 0 Å². The number of aromatic amines is 1. The lowest BCUT2D eigenvalue weighted by molar-refractivity contribution is 0.337. The van der Waals surface area contributed by atoms with Crippen molar-refractivity contribution in [1.29, 1.82) is 0 Å². The van der Waals surface area contributed by atoms with E-state index in [1.165, 1.54) is 0 Å². The molecule has 1 aliphatic heterocycles. The van der Waals surface area contributed by atoms with E-state index in [2.05, 4.69) is 25.6 Å². The minimum atomic E-state index is 0.446. The summed E-state index contributed by atoms with van der Waals surface area (Å²) in [4.78, 5) is 7.85. The molecule has 2 aromatic heterocycles. The minimum Gasteiger partial charge on any atom is -0.337 e. The molecule has 102 valence electrons. The van der Waals surface area contributed by atoms with Gasteiger partial charge in [-0.15, -0.1) is 5.10 Å². The predicted molar refractivity (Wildman–Crippen MR) is 76.3 cm³/mol. The Morgan fingerprint density at radius 3 is 2.85 bits per heavy atom. The van der Waals surface area contributed by atoms with Crippen LogP contribution in [0.1, 0.15) is 18.9 Å². The maximum Gasteiger partial charge on any atom is 0.160 e. The lowest BCUT2D eigenvalue weighted by Gasteiger charge is -2.21. The number of rotatable bonds is 2. The maximum absolute atomic E-state index is 4.56. The third-order valence-electron chi connectivity index (χ3n) is 3.83. The Hall–Kier alpha value is -2.21. The van der Waals surface area contributed by atoms with E-state index in [9.17, 15) is 0 Å². The predicted octanol–water partition coefficient (Wildman–Crippen LogP) is 1.75. The summed E-state index contributed by atoms with van der Waals surface area (Å²) < 4.78 is 1.98. The number of hydrogen-bond acceptors (Lipinski definition) is 4. The summed E-state index contributed by atoms with van der Waals surface area (Å²) in [5.74, 6) is 0.784. The van der Waals surface area contributed by atoms with Crippen molar-refractivity contribution in [3.05, 3.63) is 30.5 Å². The molecule has 6 heteroatoms. The number of nitrogens with zero attached hydrogens (tertiary/aromatic N) is 4. The molecule has 3 heterocycles. The molecule has 1 fully saturated rings. The van der Waals surface area contributed by atoms with Crippen LogP contribution in [0.3, 0.4) is 0 Å². The summed E-state index contributed by atoms with van der Waals surface area (Å²) >= 11 is 0. The van der Waals surface area contributed by atoms with Crippen molar-refractivity contribution in [2.45, 2.75) is 18.9 Å². The molecule has 1 aliphatic rings. The van der Waals surface area contributed by atoms with Crippen LogP contribution in [-0.2, 0) is 0 Å². The highest BCUT2D eigenvalue weighted by molar-refractivity contribution is 5.78. The van der Waals surface area contributed by atoms with Gasteiger partial charge in [0.05, 0.1) is 23.3 Å². The molecule has 0 saturated carbocycles. The van der Waals surface area contributed by atoms with Gasteiger partial charge in [0.2, 0.25) is 0 Å². The van der Waals surface area contributed by atoms with Crippen molar-refractivity contribution >= 4 is 11.0 Å². The fourth-order valence-electron chi connectivity index (χ4n) is 2.71. The lowest BCUT2D eigenvalue weighted by atomic mass is 10.1. The van der Waals surface area contributed by atoms with Crippen LogP contribution in [0.2, 0.25) is 0 Å². The van der Waals surface area contributed by atoms with Crippen molar-refractivity contribution < 1.29 is 0 Å². The zero-order chi connectivity index (χ0) is 13.4. The van der Waals surface area contributed by atoms with Crippen LogP contribution in [-0.4, -0.2) is 38.1 Å². The average molecular weight is 268 g/mol. The van der Waals surface area contributed by atoms with Crippen LogP contribution in [0.5, 0.6) is 0 Å². The Balaban J connectivity index is 1.66. The van der Waals surface area contributed by atoms with E-state index < -0.39 is 0 Å². The number of imidazole rings is 1. The number of para-hydroxylation sites is 2. The van der Waals surface area contributed by atoms with E-state index in [1.807, 2.05) is 35.1 Å². The third kappa shape index (κ3) is 1.98. The molecule has 0 unspecified atom stereocenters. The van der Waals surface area contributed by atoms with Gasteiger partial charge in [-0.25, -0.2) is 9.67 Å². The number of piperidine rings is 1. The Morgan fingerprint density at radius 2 is 2.00 bits per heavy atom. The van der Waals surface area contributed by atoms with Gasteiger partial charge in [-0.05, 0) is 38.1 Å². The molecular formula is C14H16N6. The molecule has 0 amide bonds. The highest BCUT2D eigenvalue weighted by atomic mass is 15.4. The third-order valence-corrected chi connectivity index (χ3v) is 3.83. The van der Waals surface area contributed by atoms with Crippen LogP contribution in [0.15, 0.2) is 30.5 Å². The number of nitrogens with one attached hydrogen (secondary N) is 2. The molecule has 3 aromatic rings. The quantitative estimate of drug-likeness (QED) is 0.742. The lowest BCUT2D eigenvalue weighted by Crippen LogP contribution is -2.29. The Morgan fingerprint density at radius 1 is 1.15 bits per heavy atom. The highest BCUT2D eigenvalue weighted by Crippen LogP contribution is 2.21. The van der Waals surface area contributed by atoms with Crippen LogP contribution in [0.4, 0.5) is 0 Å². The van der Waals surface area contributed by atoms with Crippen molar-refractivity contribution in [2.75, 3.05) is 13.1 Å². The van der Waals surface area contributed by atoms with Crippen molar-refractivity contribution in [3.63, 3.8) is 0 Å². The summed E-state index contributed by atoms with van der Waals surface area (Å²) in [6.07, 6.45) is 4.19. The number of benzene rings is 1. The Kier molecular flexibility index (Phi) is 2.74. The molecule has 0 bridgehead atoms. The smallest absolute Gasteiger partial charge is 0.160 e. The number of H-pyrrole nitrogens is 1. The molecule has 20 heavy (non-hydrogen) atoms. The first-order valence-corrected chi connectivity index (χ1v) is 6.98. The van der Waals surface area contributed by atoms with Gasteiger partial charge in [-0.2, -0.15) is 0 Å². The van der Waals surface area contributed by atoms with Gasteiger partial charge in [-0.1, -0.05) is 17.3 Å². The first kappa shape index (κ1) is 11.6. The van der Waals surface area contributed by atoms with E-state index in [0.717, 1.165) is 48.5 Å². The second-order valence-corrected chi connectivity index (χ2v) is 5.17. The molecule has 1 saturated heterocycles. The molecule has 0 radical (unpaired) electrons. The normalized spacial score (nSPS) is 16.8. The van der Waals surface area contributed by atoms with Gasteiger partial charge in [0, 0.05) is 0 Å². The average Bonchev–Trinajstić information content (AvgIpc) is 3.14. The first-order chi connectivity index (χ1) is 9.90. The molecular weight excluding hydrogens is 252 g/mol. The van der Waals surface area contributed by atoms with E-state index in [-0.39, 0.29) is 0 Å². The highest BCUT2D eigenvalue weighted by Gasteiger charge is 2.17. The second kappa shape index (κ2) is 4.72. The van der Waals surface area contributed by atoms with Crippen LogP contribution in [0.25, 0.3) is 22.6 Å². The SMILES string of the molecule is c1ccc2[nH]c(-c3cn(C4CCNCC4)nn3)nc2c1. The Bertz CT molecular complexity index is 689. The Labute approximate surface area is 116 Å². The van der Waals surface area contributed by atoms with E-state index in [4.69, 9.17) is 0 Å². The van der Waals surface area contributed by atoms with E-state index in [1.54, 1.807) is 0 Å². The van der Waals surface area contributed by atoms with Crippen LogP contribution < -0.4 is 5.32 Å². The minimum absolute atomic E-state index is 0.446. The van der Waals surface area contributed by atoms with Gasteiger partial charge in [0.1, 0.15) is 5.69 Å². The molecule has 4 rings (SSSR count). The summed E-state index contributed by atoms with van der Waals surface area (Å²) in [5.41, 5.74) is 2.79. The second-order valence-electron chi connectivity index (χ2n) is 5.17. The number of aromatic nitrogens is 5. The van der Waals surface area contributed by atoms with Gasteiger partial charge >= 0.3 is 0 Å². The molecule has 2 N–H and O–H groups in total. The van der Waals surface area contributed by atoms with Crippen molar-refractivity contribution in [1.82, 2.24) is 30.3 Å². The first-order valence-electron chi connectivity index (χ1n) is 6.98. The molecule has 0 aliphatic carbocycles. The van der Waals surface area contributed by atoms with Gasteiger partial charge in [0.15, 0.2) is 5.82 Å². The van der Waals surface area contributed by atoms with Crippen LogP contribution in [0, 0.1) is 0 Å². The monoisotopic (exact) mass is 268 g/mol. The molecule has 0 atom stereocenters. The summed E-state index contributed by atoms with van der Waals surface area (Å²) in [7, 11) is 0. The standard InChI is InChI=1S/C14H16N6/c1-2-4-12-11(3-1)16-14(17-12)13-9-20(19-18-13)10-5-7-15-8-6-10/h1-4,9-10,15H,5-8H2,(H,16,17). The largest absolute Gasteiger partial charge is 0.337 e. The zero-order valence-corrected chi connectivity index (χ0v) is 11.1. The topological polar surface area (TPSA) is 71.4 Å². The van der Waals surface area contributed by atoms with Crippen molar-refractivity contribution in [2.24, 2.45) is 0 Å². The zero-order valence-electron chi connectivity index (χ0n) is 11.1.